The van der Waals surface area contributed by atoms with Gasteiger partial charge in [-0.2, -0.15) is 13.2 Å². The fourth-order valence-corrected chi connectivity index (χ4v) is 2.69. The number of hydrogen-bond donors (Lipinski definition) is 0. The van der Waals surface area contributed by atoms with Gasteiger partial charge in [-0.05, 0) is 18.2 Å². The monoisotopic (exact) mass is 372 g/mol. The van der Waals surface area contributed by atoms with Crippen LogP contribution in [-0.2, 0) is 6.18 Å². The summed E-state index contributed by atoms with van der Waals surface area (Å²) in [7, 11) is 0. The van der Waals surface area contributed by atoms with Gasteiger partial charge in [0.15, 0.2) is 0 Å². The molecule has 1 aliphatic rings. The van der Waals surface area contributed by atoms with Gasteiger partial charge in [0.1, 0.15) is 23.3 Å². The summed E-state index contributed by atoms with van der Waals surface area (Å²) in [6.45, 7) is 0.154. The van der Waals surface area contributed by atoms with Crippen LogP contribution in [0.3, 0.4) is 0 Å². The van der Waals surface area contributed by atoms with Gasteiger partial charge in [-0.25, -0.2) is 13.8 Å². The molecule has 26 heavy (non-hydrogen) atoms. The molecule has 0 radical (unpaired) electrons. The minimum Gasteiger partial charge on any atom is -0.472 e. The van der Waals surface area contributed by atoms with E-state index in [1.165, 1.54) is 4.90 Å². The number of carbonyl (C=O) groups excluding carboxylic acids is 1. The molecule has 1 unspecified atom stereocenters. The van der Waals surface area contributed by atoms with Gasteiger partial charge < -0.3 is 9.64 Å². The fourth-order valence-electron chi connectivity index (χ4n) is 2.69. The van der Waals surface area contributed by atoms with E-state index in [1.54, 1.807) is 0 Å². The molecule has 0 N–H and O–H groups in total. The molecule has 1 amide bonds. The van der Waals surface area contributed by atoms with Crippen LogP contribution < -0.4 is 4.74 Å². The van der Waals surface area contributed by atoms with Crippen molar-refractivity contribution in [2.75, 3.05) is 13.1 Å². The standard InChI is InChI=1S/C17H13F5N2O2/c18-12-2-1-3-13(19)15(12)16(25)24-7-5-11(9-24)26-14-8-10(4-6-23-14)17(20,21)22/h1-4,6,8,11H,5,7,9H2. The molecular weight excluding hydrogens is 359 g/mol. The molecule has 138 valence electrons. The number of alkyl halides is 3. The van der Waals surface area contributed by atoms with Crippen molar-refractivity contribution in [2.45, 2.75) is 18.7 Å². The SMILES string of the molecule is O=C(c1c(F)cccc1F)N1CCC(Oc2cc(C(F)(F)F)ccn2)C1. The summed E-state index contributed by atoms with van der Waals surface area (Å²) in [5.74, 6) is -3.00. The maximum atomic E-state index is 13.7. The lowest BCUT2D eigenvalue weighted by Gasteiger charge is -2.18. The zero-order chi connectivity index (χ0) is 18.9. The largest absolute Gasteiger partial charge is 0.472 e. The van der Waals surface area contributed by atoms with Gasteiger partial charge in [0.2, 0.25) is 5.88 Å². The third kappa shape index (κ3) is 3.76. The molecule has 2 heterocycles. The Labute approximate surface area is 145 Å². The molecule has 1 atom stereocenters. The van der Waals surface area contributed by atoms with Gasteiger partial charge in [-0.3, -0.25) is 4.79 Å². The smallest absolute Gasteiger partial charge is 0.416 e. The molecule has 1 saturated heterocycles. The van der Waals surface area contributed by atoms with Gasteiger partial charge in [0.05, 0.1) is 12.1 Å². The van der Waals surface area contributed by atoms with Crippen LogP contribution in [0.15, 0.2) is 36.5 Å². The van der Waals surface area contributed by atoms with Crippen LogP contribution in [0.1, 0.15) is 22.3 Å². The van der Waals surface area contributed by atoms with Crippen molar-refractivity contribution in [1.29, 1.82) is 0 Å². The van der Waals surface area contributed by atoms with E-state index in [2.05, 4.69) is 4.98 Å². The summed E-state index contributed by atoms with van der Waals surface area (Å²) in [6.07, 6.45) is -3.87. The Kier molecular flexibility index (Phi) is 4.80. The van der Waals surface area contributed by atoms with Gasteiger partial charge in [0, 0.05) is 25.2 Å². The number of nitrogens with zero attached hydrogens (tertiary/aromatic N) is 2. The molecule has 0 saturated carbocycles. The number of halogens is 5. The number of amides is 1. The van der Waals surface area contributed by atoms with Crippen LogP contribution in [0.5, 0.6) is 5.88 Å². The number of pyridine rings is 1. The number of rotatable bonds is 3. The van der Waals surface area contributed by atoms with Crippen LogP contribution in [0.25, 0.3) is 0 Å². The van der Waals surface area contributed by atoms with E-state index in [1.807, 2.05) is 0 Å². The molecule has 1 fully saturated rings. The van der Waals surface area contributed by atoms with Gasteiger partial charge in [-0.1, -0.05) is 6.07 Å². The molecule has 4 nitrogen and oxygen atoms in total. The van der Waals surface area contributed by atoms with E-state index in [0.29, 0.717) is 6.42 Å². The van der Waals surface area contributed by atoms with Crippen molar-refractivity contribution in [3.8, 4) is 5.88 Å². The number of likely N-dealkylation sites (tertiary alicyclic amines) is 1. The predicted octanol–water partition coefficient (Wildman–Crippen LogP) is 3.67. The maximum absolute atomic E-state index is 13.7. The molecule has 1 aromatic carbocycles. The molecule has 3 rings (SSSR count). The summed E-state index contributed by atoms with van der Waals surface area (Å²) in [6, 6.07) is 4.69. The fraction of sp³-hybridized carbons (Fsp3) is 0.294. The number of aromatic nitrogens is 1. The van der Waals surface area contributed by atoms with Gasteiger partial charge in [-0.15, -0.1) is 0 Å². The maximum Gasteiger partial charge on any atom is 0.416 e. The molecule has 2 aromatic rings. The van der Waals surface area contributed by atoms with E-state index in [0.717, 1.165) is 36.5 Å². The van der Waals surface area contributed by atoms with Crippen LogP contribution in [0, 0.1) is 11.6 Å². The van der Waals surface area contributed by atoms with Gasteiger partial charge >= 0.3 is 6.18 Å². The summed E-state index contributed by atoms with van der Waals surface area (Å²) < 4.78 is 71.0. The summed E-state index contributed by atoms with van der Waals surface area (Å²) in [4.78, 5) is 17.2. The number of ether oxygens (including phenoxy) is 1. The van der Waals surface area contributed by atoms with Crippen molar-refractivity contribution in [1.82, 2.24) is 9.88 Å². The highest BCUT2D eigenvalue weighted by atomic mass is 19.4. The third-order valence-corrected chi connectivity index (χ3v) is 3.96. The van der Waals surface area contributed by atoms with Crippen LogP contribution in [0.4, 0.5) is 22.0 Å². The molecular formula is C17H13F5N2O2. The Bertz CT molecular complexity index is 805. The Morgan fingerprint density at radius 2 is 1.88 bits per heavy atom. The third-order valence-electron chi connectivity index (χ3n) is 3.96. The number of hydrogen-bond acceptors (Lipinski definition) is 3. The first-order chi connectivity index (χ1) is 12.3. The topological polar surface area (TPSA) is 42.4 Å². The Hall–Kier alpha value is -2.71. The van der Waals surface area contributed by atoms with E-state index in [4.69, 9.17) is 4.74 Å². The van der Waals surface area contributed by atoms with Crippen molar-refractivity contribution >= 4 is 5.91 Å². The molecule has 9 heteroatoms. The minimum absolute atomic E-state index is 0.00939. The van der Waals surface area contributed by atoms with E-state index in [-0.39, 0.29) is 19.0 Å². The average molecular weight is 372 g/mol. The Balaban J connectivity index is 1.69. The first kappa shape index (κ1) is 18.1. The lowest BCUT2D eigenvalue weighted by Crippen LogP contribution is -2.32. The quantitative estimate of drug-likeness (QED) is 0.772. The van der Waals surface area contributed by atoms with Crippen molar-refractivity contribution < 1.29 is 31.5 Å². The summed E-state index contributed by atoms with van der Waals surface area (Å²) in [5, 5.41) is 0. The van der Waals surface area contributed by atoms with Crippen molar-refractivity contribution in [3.05, 3.63) is 59.3 Å². The van der Waals surface area contributed by atoms with Crippen LogP contribution in [-0.4, -0.2) is 35.0 Å². The predicted molar refractivity (Wildman–Crippen MR) is 80.5 cm³/mol. The zero-order valence-electron chi connectivity index (χ0n) is 13.3. The van der Waals surface area contributed by atoms with Gasteiger partial charge in [0.25, 0.3) is 5.91 Å². The first-order valence-electron chi connectivity index (χ1n) is 7.69. The second-order valence-corrected chi connectivity index (χ2v) is 5.76. The van der Waals surface area contributed by atoms with Crippen LogP contribution in [0.2, 0.25) is 0 Å². The van der Waals surface area contributed by atoms with E-state index in [9.17, 15) is 26.7 Å². The molecule has 1 aliphatic heterocycles. The van der Waals surface area contributed by atoms with Crippen molar-refractivity contribution in [2.24, 2.45) is 0 Å². The second kappa shape index (κ2) is 6.89. The van der Waals surface area contributed by atoms with E-state index < -0.39 is 40.9 Å². The lowest BCUT2D eigenvalue weighted by molar-refractivity contribution is -0.137. The minimum atomic E-state index is -4.53. The highest BCUT2D eigenvalue weighted by Gasteiger charge is 2.33. The van der Waals surface area contributed by atoms with Crippen LogP contribution >= 0.6 is 0 Å². The summed E-state index contributed by atoms with van der Waals surface area (Å²) >= 11 is 0. The zero-order valence-corrected chi connectivity index (χ0v) is 13.3. The second-order valence-electron chi connectivity index (χ2n) is 5.76. The normalized spacial score (nSPS) is 17.4. The van der Waals surface area contributed by atoms with E-state index >= 15 is 0 Å². The highest BCUT2D eigenvalue weighted by molar-refractivity contribution is 5.95. The first-order valence-corrected chi connectivity index (χ1v) is 7.69. The Morgan fingerprint density at radius 1 is 1.19 bits per heavy atom. The molecule has 0 spiro atoms. The molecule has 1 aromatic heterocycles. The number of benzene rings is 1. The molecule has 0 aliphatic carbocycles. The summed E-state index contributed by atoms with van der Waals surface area (Å²) in [5.41, 5.74) is -1.56. The lowest BCUT2D eigenvalue weighted by atomic mass is 10.1. The number of carbonyl (C=O) groups is 1. The average Bonchev–Trinajstić information content (AvgIpc) is 3.02. The Morgan fingerprint density at radius 3 is 2.54 bits per heavy atom. The molecule has 0 bridgehead atoms. The van der Waals surface area contributed by atoms with Crippen molar-refractivity contribution in [3.63, 3.8) is 0 Å². The highest BCUT2D eigenvalue weighted by Crippen LogP contribution is 2.31.